The van der Waals surface area contributed by atoms with Crippen molar-refractivity contribution in [3.8, 4) is 11.5 Å². The largest absolute Gasteiger partial charge is 0.497 e. The number of pyridine rings is 1. The number of nitrogens with zero attached hydrogens (tertiary/aromatic N) is 2. The summed E-state index contributed by atoms with van der Waals surface area (Å²) in [5, 5.41) is 5.72. The molecule has 0 spiro atoms. The van der Waals surface area contributed by atoms with E-state index in [1.54, 1.807) is 7.11 Å². The lowest BCUT2D eigenvalue weighted by Gasteiger charge is -2.32. The first-order valence-electron chi connectivity index (χ1n) is 7.59. The van der Waals surface area contributed by atoms with Gasteiger partial charge in [0.2, 0.25) is 0 Å². The highest BCUT2D eigenvalue weighted by atomic mass is 16.7. The van der Waals surface area contributed by atoms with Gasteiger partial charge in [-0.2, -0.15) is 0 Å². The topological polar surface area (TPSA) is 46.6 Å². The van der Waals surface area contributed by atoms with Crippen molar-refractivity contribution in [2.24, 2.45) is 0 Å². The second kappa shape index (κ2) is 5.59. The molecule has 0 saturated carbocycles. The van der Waals surface area contributed by atoms with E-state index in [4.69, 9.17) is 9.57 Å². The number of benzene rings is 1. The van der Waals surface area contributed by atoms with E-state index in [1.165, 1.54) is 0 Å². The molecule has 2 fully saturated rings. The van der Waals surface area contributed by atoms with E-state index in [9.17, 15) is 0 Å². The highest BCUT2D eigenvalue weighted by Crippen LogP contribution is 2.36. The Balaban J connectivity index is 1.49. The average Bonchev–Trinajstić information content (AvgIpc) is 3.16. The Kier molecular flexibility index (Phi) is 3.44. The predicted molar refractivity (Wildman–Crippen MR) is 82.6 cm³/mol. The summed E-state index contributed by atoms with van der Waals surface area (Å²) in [7, 11) is 1.67. The van der Waals surface area contributed by atoms with Crippen LogP contribution in [0.5, 0.6) is 11.5 Å². The molecule has 2 saturated heterocycles. The summed E-state index contributed by atoms with van der Waals surface area (Å²) in [5.41, 5.74) is 1.08. The Morgan fingerprint density at radius 2 is 1.95 bits per heavy atom. The highest BCUT2D eigenvalue weighted by Gasteiger charge is 2.47. The van der Waals surface area contributed by atoms with Gasteiger partial charge in [0.25, 0.3) is 0 Å². The fourth-order valence-corrected chi connectivity index (χ4v) is 3.34. The molecule has 3 heterocycles. The van der Waals surface area contributed by atoms with Crippen LogP contribution in [-0.4, -0.2) is 35.8 Å². The molecule has 3 unspecified atom stereocenters. The summed E-state index contributed by atoms with van der Waals surface area (Å²) in [5.74, 6) is 1.68. The molecule has 0 amide bonds. The molecule has 2 aliphatic rings. The molecule has 2 bridgehead atoms. The monoisotopic (exact) mass is 297 g/mol. The van der Waals surface area contributed by atoms with E-state index in [0.29, 0.717) is 12.1 Å². The van der Waals surface area contributed by atoms with E-state index >= 15 is 0 Å². The summed E-state index contributed by atoms with van der Waals surface area (Å²) in [6.45, 7) is 0.903. The van der Waals surface area contributed by atoms with Gasteiger partial charge in [-0.25, -0.2) is 0 Å². The maximum absolute atomic E-state index is 6.07. The SMILES string of the molecule is COc1ccc(ON2CC3CC2C(c2ccccn2)N3)cc1. The number of hydrogen-bond acceptors (Lipinski definition) is 5. The lowest BCUT2D eigenvalue weighted by Crippen LogP contribution is -2.47. The molecule has 1 aromatic heterocycles. The maximum atomic E-state index is 6.07. The first-order chi connectivity index (χ1) is 10.8. The van der Waals surface area contributed by atoms with E-state index in [2.05, 4.69) is 21.4 Å². The van der Waals surface area contributed by atoms with Crippen molar-refractivity contribution in [1.29, 1.82) is 0 Å². The van der Waals surface area contributed by atoms with Crippen LogP contribution in [0, 0.1) is 0 Å². The Morgan fingerprint density at radius 1 is 1.14 bits per heavy atom. The minimum Gasteiger partial charge on any atom is -0.497 e. The van der Waals surface area contributed by atoms with Crippen molar-refractivity contribution in [3.05, 3.63) is 54.4 Å². The van der Waals surface area contributed by atoms with Crippen molar-refractivity contribution in [3.63, 3.8) is 0 Å². The molecule has 5 nitrogen and oxygen atoms in total. The summed E-state index contributed by atoms with van der Waals surface area (Å²) < 4.78 is 5.18. The normalized spacial score (nSPS) is 27.0. The predicted octanol–water partition coefficient (Wildman–Crippen LogP) is 2.17. The van der Waals surface area contributed by atoms with Gasteiger partial charge in [0, 0.05) is 12.2 Å². The zero-order chi connectivity index (χ0) is 14.9. The lowest BCUT2D eigenvalue weighted by atomic mass is 10.1. The molecule has 1 N–H and O–H groups in total. The van der Waals surface area contributed by atoms with Gasteiger partial charge in [-0.05, 0) is 42.8 Å². The fourth-order valence-electron chi connectivity index (χ4n) is 3.34. The summed E-state index contributed by atoms with van der Waals surface area (Å²) in [4.78, 5) is 10.6. The number of hydrogen-bond donors (Lipinski definition) is 1. The molecule has 0 aliphatic carbocycles. The Hall–Kier alpha value is -2.11. The average molecular weight is 297 g/mol. The Morgan fingerprint density at radius 3 is 2.64 bits per heavy atom. The smallest absolute Gasteiger partial charge is 0.147 e. The number of fused-ring (bicyclic) bond motifs is 2. The molecule has 114 valence electrons. The highest BCUT2D eigenvalue weighted by molar-refractivity contribution is 5.31. The molecule has 5 heteroatoms. The van der Waals surface area contributed by atoms with Gasteiger partial charge in [0.15, 0.2) is 0 Å². The van der Waals surface area contributed by atoms with Crippen LogP contribution < -0.4 is 14.9 Å². The van der Waals surface area contributed by atoms with Crippen molar-refractivity contribution < 1.29 is 9.57 Å². The molecular weight excluding hydrogens is 278 g/mol. The molecular formula is C17H19N3O2. The van der Waals surface area contributed by atoms with E-state index in [0.717, 1.165) is 30.2 Å². The first-order valence-corrected chi connectivity index (χ1v) is 7.59. The number of aromatic nitrogens is 1. The molecule has 4 rings (SSSR count). The minimum atomic E-state index is 0.234. The third kappa shape index (κ3) is 2.42. The van der Waals surface area contributed by atoms with Crippen LogP contribution in [0.1, 0.15) is 18.2 Å². The third-order valence-electron chi connectivity index (χ3n) is 4.38. The van der Waals surface area contributed by atoms with Gasteiger partial charge in [0.1, 0.15) is 11.5 Å². The standard InChI is InChI=1S/C17H19N3O2/c1-21-13-5-7-14(8-6-13)22-20-11-12-10-16(20)17(19-12)15-4-2-3-9-18-15/h2-9,12,16-17,19H,10-11H2,1H3. The van der Waals surface area contributed by atoms with Crippen LogP contribution in [0.15, 0.2) is 48.7 Å². The second-order valence-corrected chi connectivity index (χ2v) is 5.77. The lowest BCUT2D eigenvalue weighted by molar-refractivity contribution is -0.0912. The molecule has 2 aliphatic heterocycles. The van der Waals surface area contributed by atoms with Gasteiger partial charge >= 0.3 is 0 Å². The second-order valence-electron chi connectivity index (χ2n) is 5.77. The number of methoxy groups -OCH3 is 1. The molecule has 1 aromatic carbocycles. The van der Waals surface area contributed by atoms with Crippen LogP contribution >= 0.6 is 0 Å². The van der Waals surface area contributed by atoms with Gasteiger partial charge < -0.3 is 14.9 Å². The number of ether oxygens (including phenoxy) is 1. The Bertz CT molecular complexity index is 632. The third-order valence-corrected chi connectivity index (χ3v) is 4.38. The Labute approximate surface area is 129 Å². The van der Waals surface area contributed by atoms with E-state index < -0.39 is 0 Å². The molecule has 2 aromatic rings. The van der Waals surface area contributed by atoms with Gasteiger partial charge in [-0.15, -0.1) is 5.06 Å². The van der Waals surface area contributed by atoms with Crippen molar-refractivity contribution in [2.75, 3.05) is 13.7 Å². The van der Waals surface area contributed by atoms with Crippen LogP contribution in [-0.2, 0) is 0 Å². The summed E-state index contributed by atoms with van der Waals surface area (Å²) >= 11 is 0. The van der Waals surface area contributed by atoms with Crippen LogP contribution in [0.4, 0.5) is 0 Å². The van der Waals surface area contributed by atoms with E-state index in [1.807, 2.05) is 42.6 Å². The van der Waals surface area contributed by atoms with Crippen molar-refractivity contribution in [1.82, 2.24) is 15.4 Å². The molecule has 22 heavy (non-hydrogen) atoms. The number of rotatable bonds is 4. The maximum Gasteiger partial charge on any atom is 0.147 e. The van der Waals surface area contributed by atoms with Gasteiger partial charge in [-0.3, -0.25) is 4.98 Å². The summed E-state index contributed by atoms with van der Waals surface area (Å²) in [6, 6.07) is 14.8. The number of nitrogens with one attached hydrogen (secondary N) is 1. The van der Waals surface area contributed by atoms with Crippen molar-refractivity contribution >= 4 is 0 Å². The molecule has 0 radical (unpaired) electrons. The van der Waals surface area contributed by atoms with E-state index in [-0.39, 0.29) is 6.04 Å². The quantitative estimate of drug-likeness (QED) is 0.937. The zero-order valence-corrected chi connectivity index (χ0v) is 12.5. The number of piperazine rings is 1. The van der Waals surface area contributed by atoms with Gasteiger partial charge in [0.05, 0.1) is 31.4 Å². The minimum absolute atomic E-state index is 0.234. The number of hydroxylamine groups is 2. The van der Waals surface area contributed by atoms with Crippen molar-refractivity contribution in [2.45, 2.75) is 24.5 Å². The van der Waals surface area contributed by atoms with Crippen LogP contribution in [0.25, 0.3) is 0 Å². The molecule has 3 atom stereocenters. The zero-order valence-electron chi connectivity index (χ0n) is 12.5. The summed E-state index contributed by atoms with van der Waals surface area (Å²) in [6.07, 6.45) is 2.94. The van der Waals surface area contributed by atoms with Crippen LogP contribution in [0.3, 0.4) is 0 Å². The first kappa shape index (κ1) is 13.5. The van der Waals surface area contributed by atoms with Crippen LogP contribution in [0.2, 0.25) is 0 Å². The van der Waals surface area contributed by atoms with Gasteiger partial charge in [-0.1, -0.05) is 6.07 Å². The fraction of sp³-hybridized carbons (Fsp3) is 0.353.